The minimum absolute atomic E-state index is 0. The van der Waals surface area contributed by atoms with E-state index in [0.29, 0.717) is 76.5 Å². The van der Waals surface area contributed by atoms with Gasteiger partial charge in [-0.15, -0.1) is 0 Å². The van der Waals surface area contributed by atoms with Gasteiger partial charge in [0.1, 0.15) is 28.0 Å². The zero-order valence-electron chi connectivity index (χ0n) is 57.8. The van der Waals surface area contributed by atoms with Crippen LogP contribution in [0.1, 0.15) is 137 Å². The van der Waals surface area contributed by atoms with Crippen molar-refractivity contribution in [3.05, 3.63) is 157 Å². The first-order chi connectivity index (χ1) is 46.3. The number of carbonyl (C=O) groups is 4. The Balaban J connectivity index is 0.000000246. The molecule has 8 aromatic rings. The number of amides is 2. The van der Waals surface area contributed by atoms with Gasteiger partial charge in [0.25, 0.3) is 0 Å². The molecule has 3 fully saturated rings. The van der Waals surface area contributed by atoms with Crippen molar-refractivity contribution < 1.29 is 47.4 Å². The minimum atomic E-state index is -0.758. The number of anilines is 4. The number of ether oxygens (including phenoxy) is 4. The van der Waals surface area contributed by atoms with Crippen molar-refractivity contribution in [3.8, 4) is 11.3 Å². The monoisotopic (exact) mass is 1490 g/mol. The van der Waals surface area contributed by atoms with Gasteiger partial charge in [0.15, 0.2) is 11.3 Å². The SMILES string of the molecule is C.C.C.CC(C)(C)OC(=O)N(Cc1ccc(Cl)cc1Cl)c1cc(Cl)nc2ccnn12.CCN1CCN(c2ccc(-c3cc(N(Cc4ccc(Cl)cc4Cl)C(=O)OC(C)(C)C)n4nccc4n3)cc2C(=O)OC)CC1.CCN1CCN(c2ccc(B3OC(C)(C)C(C)(C)O3)cc2C(=O)OC)CC1. The molecule has 0 unspecified atom stereocenters. The number of nitrogens with zero attached hydrogens (tertiary/aromatic N) is 12. The van der Waals surface area contributed by atoms with Crippen LogP contribution in [0.2, 0.25) is 25.2 Å². The second kappa shape index (κ2) is 34.7. The fraction of sp³-hybridized carbons (Fsp3) is 0.452. The molecule has 101 heavy (non-hydrogen) atoms. The smallest absolute Gasteiger partial charge is 0.465 e. The Hall–Kier alpha value is -7.45. The maximum Gasteiger partial charge on any atom is 0.494 e. The number of likely N-dealkylation sites (N-methyl/N-ethyl adjacent to an activating group) is 2. The van der Waals surface area contributed by atoms with Crippen molar-refractivity contribution in [2.45, 2.75) is 141 Å². The van der Waals surface area contributed by atoms with E-state index in [-0.39, 0.29) is 46.5 Å². The fourth-order valence-corrected chi connectivity index (χ4v) is 12.3. The van der Waals surface area contributed by atoms with Crippen molar-refractivity contribution in [1.29, 1.82) is 0 Å². The molecule has 7 heterocycles. The second-order valence-electron chi connectivity index (χ2n) is 26.7. The molecule has 4 aromatic carbocycles. The highest BCUT2D eigenvalue weighted by atomic mass is 35.5. The van der Waals surface area contributed by atoms with Crippen LogP contribution in [-0.4, -0.2) is 172 Å². The van der Waals surface area contributed by atoms with Crippen LogP contribution < -0.4 is 25.1 Å². The Labute approximate surface area is 620 Å². The molecule has 4 aromatic heterocycles. The molecule has 3 aliphatic heterocycles. The van der Waals surface area contributed by atoms with Gasteiger partial charge in [-0.3, -0.25) is 9.80 Å². The molecule has 546 valence electrons. The van der Waals surface area contributed by atoms with Gasteiger partial charge in [0.2, 0.25) is 0 Å². The van der Waals surface area contributed by atoms with Crippen LogP contribution in [0, 0.1) is 0 Å². The summed E-state index contributed by atoms with van der Waals surface area (Å²) in [5.74, 6) is 0.0596. The molecule has 22 nitrogen and oxygen atoms in total. The van der Waals surface area contributed by atoms with Gasteiger partial charge in [0, 0.05) is 102 Å². The lowest BCUT2D eigenvalue weighted by Gasteiger charge is -2.36. The van der Waals surface area contributed by atoms with E-state index in [2.05, 4.69) is 48.6 Å². The molecular formula is C73H96BCl5N12O10. The summed E-state index contributed by atoms with van der Waals surface area (Å²) in [5.41, 5.74) is 4.90. The predicted molar refractivity (Wildman–Crippen MR) is 408 cm³/mol. The van der Waals surface area contributed by atoms with E-state index in [1.165, 1.54) is 28.5 Å². The fourth-order valence-electron chi connectivity index (χ4n) is 11.1. The Bertz CT molecular complexity index is 4170. The van der Waals surface area contributed by atoms with E-state index in [1.807, 2.05) is 58.0 Å². The van der Waals surface area contributed by atoms with Crippen LogP contribution in [0.25, 0.3) is 22.6 Å². The molecular weight excluding hydrogens is 1390 g/mol. The highest BCUT2D eigenvalue weighted by Crippen LogP contribution is 2.38. The molecule has 2 amide bonds. The highest BCUT2D eigenvalue weighted by molar-refractivity contribution is 6.62. The van der Waals surface area contributed by atoms with Crippen LogP contribution in [0.4, 0.5) is 32.6 Å². The molecule has 0 N–H and O–H groups in total. The largest absolute Gasteiger partial charge is 0.494 e. The van der Waals surface area contributed by atoms with Crippen LogP contribution in [-0.2, 0) is 41.3 Å². The predicted octanol–water partition coefficient (Wildman–Crippen LogP) is 16.0. The Kier molecular flexibility index (Phi) is 28.3. The summed E-state index contributed by atoms with van der Waals surface area (Å²) in [6.45, 7) is 32.7. The summed E-state index contributed by atoms with van der Waals surface area (Å²) in [5, 5.41) is 10.7. The highest BCUT2D eigenvalue weighted by Gasteiger charge is 2.52. The van der Waals surface area contributed by atoms with Gasteiger partial charge in [-0.1, -0.05) is 118 Å². The quantitative estimate of drug-likeness (QED) is 0.0430. The third-order valence-electron chi connectivity index (χ3n) is 17.1. The molecule has 0 bridgehead atoms. The molecule has 0 spiro atoms. The van der Waals surface area contributed by atoms with E-state index in [0.717, 1.165) is 82.3 Å². The van der Waals surface area contributed by atoms with Gasteiger partial charge >= 0.3 is 31.2 Å². The first-order valence-corrected chi connectivity index (χ1v) is 34.2. The molecule has 3 aliphatic rings. The van der Waals surface area contributed by atoms with E-state index < -0.39 is 47.7 Å². The van der Waals surface area contributed by atoms with E-state index in [9.17, 15) is 19.2 Å². The van der Waals surface area contributed by atoms with Crippen molar-refractivity contribution in [2.75, 3.05) is 99.3 Å². The average Bonchev–Trinajstić information content (AvgIpc) is 1.76. The molecule has 3 saturated heterocycles. The number of fused-ring (bicyclic) bond motifs is 2. The molecule has 0 atom stereocenters. The number of piperazine rings is 2. The summed E-state index contributed by atoms with van der Waals surface area (Å²) in [4.78, 5) is 73.3. The lowest BCUT2D eigenvalue weighted by atomic mass is 9.78. The number of hydrogen-bond donors (Lipinski definition) is 0. The number of methoxy groups -OCH3 is 2. The lowest BCUT2D eigenvalue weighted by molar-refractivity contribution is 0.00578. The number of hydrogen-bond acceptors (Lipinski definition) is 18. The normalized spacial score (nSPS) is 15.2. The first kappa shape index (κ1) is 82.5. The molecule has 0 aliphatic carbocycles. The van der Waals surface area contributed by atoms with E-state index in [1.54, 1.807) is 125 Å². The zero-order valence-corrected chi connectivity index (χ0v) is 61.6. The zero-order chi connectivity index (χ0) is 71.2. The Morgan fingerprint density at radius 1 is 0.535 bits per heavy atom. The molecule has 0 saturated carbocycles. The van der Waals surface area contributed by atoms with Crippen LogP contribution in [0.15, 0.2) is 109 Å². The van der Waals surface area contributed by atoms with Gasteiger partial charge in [-0.05, 0) is 147 Å². The maximum absolute atomic E-state index is 13.7. The summed E-state index contributed by atoms with van der Waals surface area (Å²) in [6, 6.07) is 28.5. The number of benzene rings is 4. The average molecular weight is 1490 g/mol. The minimum Gasteiger partial charge on any atom is -0.465 e. The summed E-state index contributed by atoms with van der Waals surface area (Å²) in [6.07, 6.45) is 2.03. The number of aromatic nitrogens is 6. The number of esters is 2. The summed E-state index contributed by atoms with van der Waals surface area (Å²) in [7, 11) is 2.30. The Morgan fingerprint density at radius 2 is 0.950 bits per heavy atom. The van der Waals surface area contributed by atoms with E-state index >= 15 is 0 Å². The van der Waals surface area contributed by atoms with Crippen molar-refractivity contribution >= 4 is 129 Å². The maximum atomic E-state index is 13.7. The molecule has 11 rings (SSSR count). The van der Waals surface area contributed by atoms with Gasteiger partial charge in [-0.2, -0.15) is 19.2 Å². The van der Waals surface area contributed by atoms with Crippen molar-refractivity contribution in [3.63, 3.8) is 0 Å². The summed E-state index contributed by atoms with van der Waals surface area (Å²) >= 11 is 31.1. The number of rotatable bonds is 14. The summed E-state index contributed by atoms with van der Waals surface area (Å²) < 4.78 is 37.0. The van der Waals surface area contributed by atoms with Crippen LogP contribution in [0.3, 0.4) is 0 Å². The number of halogens is 5. The van der Waals surface area contributed by atoms with Gasteiger partial charge < -0.3 is 47.9 Å². The van der Waals surface area contributed by atoms with Crippen molar-refractivity contribution in [2.24, 2.45) is 0 Å². The molecule has 0 radical (unpaired) electrons. The number of carbonyl (C=O) groups excluding carboxylic acids is 4. The van der Waals surface area contributed by atoms with Gasteiger partial charge in [-0.25, -0.2) is 29.1 Å². The Morgan fingerprint density at radius 3 is 1.37 bits per heavy atom. The topological polar surface area (TPSA) is 203 Å². The lowest BCUT2D eigenvalue weighted by Crippen LogP contribution is -2.47. The third-order valence-corrected chi connectivity index (χ3v) is 18.5. The van der Waals surface area contributed by atoms with Crippen LogP contribution in [0.5, 0.6) is 0 Å². The molecule has 28 heteroatoms. The van der Waals surface area contributed by atoms with E-state index in [4.69, 9.17) is 91.2 Å². The van der Waals surface area contributed by atoms with Gasteiger partial charge in [0.05, 0.1) is 79.1 Å². The van der Waals surface area contributed by atoms with Crippen molar-refractivity contribution in [1.82, 2.24) is 39.0 Å². The van der Waals surface area contributed by atoms with Crippen LogP contribution >= 0.6 is 58.0 Å². The second-order valence-corrected chi connectivity index (χ2v) is 28.7. The third kappa shape index (κ3) is 20.3. The standard InChI is InChI=1S/C32H36Cl2N6O4.C20H31BN2O4.C18H17Cl3N4O2.3CH4/c1-6-37-13-15-38(16-14-37)27-10-8-21(17-24(27)30(41)43-5)26-19-29(40-28(36-26)11-12-35-40)39(31(42)44-32(2,3)4)20-22-7-9-23(33)18-25(22)34;1-7-22-10-12-23(13-11-22)17-9-8-15(14-16(17)18(24)25-6)21-26-19(2,3)20(4,5)27-21;1-18(2,3)27-17(26)24(10-11-4-5-12(19)8-13(11)20)16-9-14(21)23-15-6-7-22-25(15)16;;;/h7-12,17-19H,6,13-16,20H2,1-5H3;8-9,14H,7,10-13H2,1-6H3;4-9H,10H2,1-3H3;3*1H4. The first-order valence-electron chi connectivity index (χ1n) is 32.3.